The first-order valence-electron chi connectivity index (χ1n) is 4.97. The van der Waals surface area contributed by atoms with E-state index in [1.165, 1.54) is 30.6 Å². The van der Waals surface area contributed by atoms with E-state index in [9.17, 15) is 12.8 Å². The smallest absolute Gasteiger partial charge is 0.262 e. The van der Waals surface area contributed by atoms with E-state index in [0.717, 1.165) is 6.07 Å². The molecule has 0 aliphatic carbocycles. The zero-order chi connectivity index (χ0) is 14.0. The number of hydrogen-bond acceptors (Lipinski definition) is 3. The molecule has 0 radical (unpaired) electrons. The molecule has 1 N–H and O–H groups in total. The maximum absolute atomic E-state index is 13.4. The minimum Gasteiger partial charge on any atom is -0.278 e. The normalized spacial score (nSPS) is 11.3. The lowest BCUT2D eigenvalue weighted by molar-refractivity contribution is 0.593. The Labute approximate surface area is 126 Å². The van der Waals surface area contributed by atoms with E-state index in [1.807, 2.05) is 0 Å². The number of nitrogens with one attached hydrogen (secondary N) is 1. The van der Waals surface area contributed by atoms with E-state index in [4.69, 9.17) is 0 Å². The molecule has 0 saturated heterocycles. The van der Waals surface area contributed by atoms with Crippen LogP contribution < -0.4 is 4.72 Å². The van der Waals surface area contributed by atoms with Gasteiger partial charge in [-0.15, -0.1) is 0 Å². The Morgan fingerprint density at radius 3 is 2.53 bits per heavy atom. The maximum Gasteiger partial charge on any atom is 0.262 e. The highest BCUT2D eigenvalue weighted by atomic mass is 79.9. The van der Waals surface area contributed by atoms with Gasteiger partial charge in [-0.1, -0.05) is 0 Å². The summed E-state index contributed by atoms with van der Waals surface area (Å²) in [4.78, 5) is 3.67. The topological polar surface area (TPSA) is 59.1 Å². The number of anilines is 1. The molecule has 1 heterocycles. The fourth-order valence-corrected chi connectivity index (χ4v) is 3.12. The van der Waals surface area contributed by atoms with Gasteiger partial charge >= 0.3 is 0 Å². The molecule has 1 aromatic carbocycles. The second kappa shape index (κ2) is 5.56. The minimum atomic E-state index is -3.84. The van der Waals surface area contributed by atoms with Gasteiger partial charge in [-0.05, 0) is 56.1 Å². The number of benzene rings is 1. The molecular formula is C11H7Br2FN2O2S. The van der Waals surface area contributed by atoms with Crippen molar-refractivity contribution in [1.29, 1.82) is 0 Å². The van der Waals surface area contributed by atoms with Crippen molar-refractivity contribution in [1.82, 2.24) is 4.98 Å². The quantitative estimate of drug-likeness (QED) is 0.843. The van der Waals surface area contributed by atoms with Crippen LogP contribution in [-0.2, 0) is 10.0 Å². The number of nitrogens with zero attached hydrogens (tertiary/aromatic N) is 1. The third-order valence-electron chi connectivity index (χ3n) is 2.22. The van der Waals surface area contributed by atoms with Gasteiger partial charge in [0.15, 0.2) is 0 Å². The van der Waals surface area contributed by atoms with Crippen LogP contribution in [0.5, 0.6) is 0 Å². The molecule has 0 fully saturated rings. The van der Waals surface area contributed by atoms with Crippen molar-refractivity contribution in [3.05, 3.63) is 51.4 Å². The van der Waals surface area contributed by atoms with E-state index >= 15 is 0 Å². The summed E-state index contributed by atoms with van der Waals surface area (Å²) in [5.74, 6) is -0.642. The summed E-state index contributed by atoms with van der Waals surface area (Å²) in [6.45, 7) is 0. The summed E-state index contributed by atoms with van der Waals surface area (Å²) < 4.78 is 40.6. The van der Waals surface area contributed by atoms with Gasteiger partial charge in [0.1, 0.15) is 5.82 Å². The van der Waals surface area contributed by atoms with E-state index in [1.54, 1.807) is 0 Å². The molecular weight excluding hydrogens is 403 g/mol. The average molecular weight is 410 g/mol. The number of rotatable bonds is 3. The standard InChI is InChI=1S/C11H7Br2FN2O2S/c12-8-2-1-7(5-10(8)14)19(17,18)16-11-3-4-15-6-9(11)13/h1-6H,(H,15,16). The third-order valence-corrected chi connectivity index (χ3v) is 4.86. The number of pyridine rings is 1. The van der Waals surface area contributed by atoms with Gasteiger partial charge in [-0.2, -0.15) is 0 Å². The molecule has 1 aromatic heterocycles. The highest BCUT2D eigenvalue weighted by molar-refractivity contribution is 9.10. The first-order chi connectivity index (χ1) is 8.90. The Hall–Kier alpha value is -0.990. The van der Waals surface area contributed by atoms with Crippen molar-refractivity contribution in [3.8, 4) is 0 Å². The molecule has 0 bridgehead atoms. The Kier molecular flexibility index (Phi) is 4.22. The number of halogens is 3. The van der Waals surface area contributed by atoms with E-state index < -0.39 is 15.8 Å². The molecule has 0 saturated carbocycles. The van der Waals surface area contributed by atoms with Crippen LogP contribution in [0.4, 0.5) is 10.1 Å². The molecule has 0 atom stereocenters. The van der Waals surface area contributed by atoms with Crippen molar-refractivity contribution in [2.24, 2.45) is 0 Å². The van der Waals surface area contributed by atoms with E-state index in [0.29, 0.717) is 10.2 Å². The molecule has 0 unspecified atom stereocenters. The highest BCUT2D eigenvalue weighted by Crippen LogP contribution is 2.25. The lowest BCUT2D eigenvalue weighted by Gasteiger charge is -2.09. The Morgan fingerprint density at radius 1 is 1.16 bits per heavy atom. The van der Waals surface area contributed by atoms with Crippen molar-refractivity contribution in [2.45, 2.75) is 4.90 Å². The van der Waals surface area contributed by atoms with Gasteiger partial charge in [-0.25, -0.2) is 12.8 Å². The van der Waals surface area contributed by atoms with Crippen molar-refractivity contribution < 1.29 is 12.8 Å². The largest absolute Gasteiger partial charge is 0.278 e. The maximum atomic E-state index is 13.4. The zero-order valence-electron chi connectivity index (χ0n) is 9.27. The van der Waals surface area contributed by atoms with Gasteiger partial charge in [0.05, 0.1) is 19.5 Å². The summed E-state index contributed by atoms with van der Waals surface area (Å²) in [5.41, 5.74) is 0.332. The first kappa shape index (κ1) is 14.4. The van der Waals surface area contributed by atoms with Crippen LogP contribution in [0.1, 0.15) is 0 Å². The number of hydrogen-bond donors (Lipinski definition) is 1. The molecule has 0 aliphatic heterocycles. The summed E-state index contributed by atoms with van der Waals surface area (Å²) in [6.07, 6.45) is 2.91. The first-order valence-corrected chi connectivity index (χ1v) is 8.04. The Morgan fingerprint density at radius 2 is 1.89 bits per heavy atom. The average Bonchev–Trinajstić information content (AvgIpc) is 2.35. The van der Waals surface area contributed by atoms with Crippen molar-refractivity contribution >= 4 is 47.6 Å². The van der Waals surface area contributed by atoms with Crippen molar-refractivity contribution in [2.75, 3.05) is 4.72 Å². The van der Waals surface area contributed by atoms with Gasteiger partial charge < -0.3 is 0 Å². The van der Waals surface area contributed by atoms with Crippen LogP contribution in [0.2, 0.25) is 0 Å². The van der Waals surface area contributed by atoms with Crippen LogP contribution in [0.15, 0.2) is 50.5 Å². The molecule has 19 heavy (non-hydrogen) atoms. The molecule has 0 aliphatic rings. The van der Waals surface area contributed by atoms with Crippen LogP contribution in [-0.4, -0.2) is 13.4 Å². The van der Waals surface area contributed by atoms with E-state index in [-0.39, 0.29) is 9.37 Å². The highest BCUT2D eigenvalue weighted by Gasteiger charge is 2.17. The monoisotopic (exact) mass is 408 g/mol. The lowest BCUT2D eigenvalue weighted by Crippen LogP contribution is -2.13. The molecule has 0 spiro atoms. The predicted molar refractivity (Wildman–Crippen MR) is 76.8 cm³/mol. The van der Waals surface area contributed by atoms with Gasteiger partial charge in [0.25, 0.3) is 10.0 Å². The predicted octanol–water partition coefficient (Wildman–Crippen LogP) is 3.55. The van der Waals surface area contributed by atoms with Gasteiger partial charge in [0.2, 0.25) is 0 Å². The summed E-state index contributed by atoms with van der Waals surface area (Å²) >= 11 is 6.15. The third kappa shape index (κ3) is 3.31. The fourth-order valence-electron chi connectivity index (χ4n) is 1.31. The Balaban J connectivity index is 2.38. The van der Waals surface area contributed by atoms with Crippen molar-refractivity contribution in [3.63, 3.8) is 0 Å². The minimum absolute atomic E-state index is 0.156. The Bertz CT molecular complexity index is 722. The van der Waals surface area contributed by atoms with Gasteiger partial charge in [-0.3, -0.25) is 9.71 Å². The second-order valence-corrected chi connectivity index (χ2v) is 6.93. The van der Waals surface area contributed by atoms with Crippen LogP contribution in [0, 0.1) is 5.82 Å². The molecule has 0 amide bonds. The zero-order valence-corrected chi connectivity index (χ0v) is 13.3. The van der Waals surface area contributed by atoms with E-state index in [2.05, 4.69) is 41.6 Å². The summed E-state index contributed by atoms with van der Waals surface area (Å²) in [7, 11) is -3.84. The summed E-state index contributed by atoms with van der Waals surface area (Å²) in [5, 5.41) is 0. The van der Waals surface area contributed by atoms with Crippen LogP contribution in [0.3, 0.4) is 0 Å². The SMILES string of the molecule is O=S(=O)(Nc1ccncc1Br)c1ccc(Br)c(F)c1. The van der Waals surface area contributed by atoms with Gasteiger partial charge in [0, 0.05) is 12.4 Å². The molecule has 2 aromatic rings. The fraction of sp³-hybridized carbons (Fsp3) is 0. The molecule has 4 nitrogen and oxygen atoms in total. The van der Waals surface area contributed by atoms with Crippen LogP contribution in [0.25, 0.3) is 0 Å². The lowest BCUT2D eigenvalue weighted by atomic mass is 10.3. The number of aromatic nitrogens is 1. The second-order valence-electron chi connectivity index (χ2n) is 3.54. The summed E-state index contributed by atoms with van der Waals surface area (Å²) in [6, 6.07) is 5.09. The molecule has 100 valence electrons. The number of sulfonamides is 1. The molecule has 8 heteroatoms. The molecule has 2 rings (SSSR count). The van der Waals surface area contributed by atoms with Crippen LogP contribution >= 0.6 is 31.9 Å².